The maximum Gasteiger partial charge on any atom is 0.147 e. The predicted molar refractivity (Wildman–Crippen MR) is 140 cm³/mol. The lowest BCUT2D eigenvalue weighted by molar-refractivity contribution is 0.105. The van der Waals surface area contributed by atoms with Gasteiger partial charge in [0.25, 0.3) is 0 Å². The van der Waals surface area contributed by atoms with Crippen LogP contribution in [0.15, 0.2) is 24.8 Å². The second kappa shape index (κ2) is 16.6. The fourth-order valence-electron chi connectivity index (χ4n) is 3.70. The molecule has 2 unspecified atom stereocenters. The predicted octanol–water partition coefficient (Wildman–Crippen LogP) is 4.30. The molecule has 2 saturated heterocycles. The van der Waals surface area contributed by atoms with Crippen molar-refractivity contribution < 1.29 is 10.2 Å². The number of aliphatic hydroxyl groups is 2. The van der Waals surface area contributed by atoms with Crippen molar-refractivity contribution in [2.75, 3.05) is 31.1 Å². The molecule has 0 aromatic carbocycles. The summed E-state index contributed by atoms with van der Waals surface area (Å²) in [6, 6.07) is 0. The summed E-state index contributed by atoms with van der Waals surface area (Å²) < 4.78 is 0. The number of rotatable bonds is 3. The molecule has 12 heteroatoms. The van der Waals surface area contributed by atoms with Crippen molar-refractivity contribution in [3.63, 3.8) is 0 Å². The van der Waals surface area contributed by atoms with Crippen LogP contribution in [0.3, 0.4) is 0 Å². The molecule has 2 aromatic heterocycles. The van der Waals surface area contributed by atoms with E-state index >= 15 is 0 Å². The average Bonchev–Trinajstić information content (AvgIpc) is 2.83. The van der Waals surface area contributed by atoms with Crippen molar-refractivity contribution in [1.82, 2.24) is 25.3 Å². The molecule has 2 aliphatic heterocycles. The van der Waals surface area contributed by atoms with Gasteiger partial charge >= 0.3 is 0 Å². The largest absolute Gasteiger partial charge is 0.393 e. The second-order valence-electron chi connectivity index (χ2n) is 8.25. The Bertz CT molecular complexity index is 764. The Labute approximate surface area is 222 Å². The molecule has 8 nitrogen and oxygen atoms in total. The standard InChI is InChI=1S/C11H16ClN3O.C7H15NO.C4H2Cl2N2.ClH/c1-8(16)9-2-4-15(5-3-9)11-7-13-10(12)6-14-11;1-6(9)7-2-4-8-5-3-7;5-3-1-7-4(6)2-8-3;/h6-9,16H,2-5H2,1H3;6-9H,2-5H2,1H3;1-2H;1H. The van der Waals surface area contributed by atoms with Crippen LogP contribution in [0.4, 0.5) is 5.82 Å². The van der Waals surface area contributed by atoms with Gasteiger partial charge in [-0.05, 0) is 64.5 Å². The van der Waals surface area contributed by atoms with Gasteiger partial charge in [-0.2, -0.15) is 0 Å². The zero-order chi connectivity index (χ0) is 24.2. The summed E-state index contributed by atoms with van der Waals surface area (Å²) in [6.45, 7) is 7.75. The minimum absolute atomic E-state index is 0. The van der Waals surface area contributed by atoms with Crippen LogP contribution >= 0.6 is 47.2 Å². The Balaban J connectivity index is 0.000000274. The van der Waals surface area contributed by atoms with Gasteiger partial charge < -0.3 is 20.4 Å². The lowest BCUT2D eigenvalue weighted by Gasteiger charge is -2.33. The van der Waals surface area contributed by atoms with Crippen LogP contribution < -0.4 is 10.2 Å². The smallest absolute Gasteiger partial charge is 0.147 e. The quantitative estimate of drug-likeness (QED) is 0.514. The van der Waals surface area contributed by atoms with Gasteiger partial charge in [0.1, 0.15) is 21.3 Å². The van der Waals surface area contributed by atoms with E-state index in [4.69, 9.17) is 39.9 Å². The summed E-state index contributed by atoms with van der Waals surface area (Å²) in [7, 11) is 0. The van der Waals surface area contributed by atoms with E-state index < -0.39 is 0 Å². The van der Waals surface area contributed by atoms with Crippen LogP contribution in [0.25, 0.3) is 0 Å². The molecule has 34 heavy (non-hydrogen) atoms. The number of hydrogen-bond acceptors (Lipinski definition) is 8. The number of nitrogens with zero attached hydrogens (tertiary/aromatic N) is 5. The van der Waals surface area contributed by atoms with Crippen LogP contribution in [-0.4, -0.2) is 68.5 Å². The van der Waals surface area contributed by atoms with Gasteiger partial charge in [0.15, 0.2) is 0 Å². The molecule has 2 aromatic rings. The van der Waals surface area contributed by atoms with Gasteiger partial charge in [-0.3, -0.25) is 0 Å². The molecule has 0 bridgehead atoms. The Hall–Kier alpha value is -1.00. The fraction of sp³-hybridized carbons (Fsp3) is 0.636. The third kappa shape index (κ3) is 11.6. The molecule has 0 radical (unpaired) electrons. The second-order valence-corrected chi connectivity index (χ2v) is 9.41. The maximum absolute atomic E-state index is 9.51. The highest BCUT2D eigenvalue weighted by molar-refractivity contribution is 6.30. The van der Waals surface area contributed by atoms with E-state index in [-0.39, 0.29) is 24.6 Å². The Morgan fingerprint density at radius 1 is 0.765 bits per heavy atom. The number of aliphatic hydroxyl groups excluding tert-OH is 2. The summed E-state index contributed by atoms with van der Waals surface area (Å²) in [5.41, 5.74) is 0. The Morgan fingerprint density at radius 2 is 1.18 bits per heavy atom. The first-order chi connectivity index (χ1) is 15.8. The lowest BCUT2D eigenvalue weighted by Crippen LogP contribution is -2.37. The molecule has 2 fully saturated rings. The molecule has 2 atom stereocenters. The Morgan fingerprint density at radius 3 is 1.53 bits per heavy atom. The van der Waals surface area contributed by atoms with Crippen LogP contribution in [0.1, 0.15) is 39.5 Å². The maximum atomic E-state index is 9.51. The van der Waals surface area contributed by atoms with Crippen molar-refractivity contribution in [3.8, 4) is 0 Å². The number of aromatic nitrogens is 4. The van der Waals surface area contributed by atoms with E-state index in [9.17, 15) is 5.11 Å². The van der Waals surface area contributed by atoms with E-state index in [2.05, 4.69) is 30.2 Å². The van der Waals surface area contributed by atoms with Gasteiger partial charge in [-0.1, -0.05) is 34.8 Å². The molecule has 4 heterocycles. The molecular formula is C22H34Cl4N6O2. The van der Waals surface area contributed by atoms with Crippen molar-refractivity contribution in [2.45, 2.75) is 51.7 Å². The number of halogens is 4. The van der Waals surface area contributed by atoms with E-state index in [1.807, 2.05) is 13.8 Å². The zero-order valence-electron chi connectivity index (χ0n) is 19.4. The monoisotopic (exact) mass is 554 g/mol. The molecular weight excluding hydrogens is 522 g/mol. The SMILES string of the molecule is CC(O)C1CCN(c2cnc(Cl)cn2)CC1.CC(O)C1CCNCC1.Cl.Clc1cnc(Cl)cn1. The molecule has 0 saturated carbocycles. The highest BCUT2D eigenvalue weighted by Gasteiger charge is 2.23. The lowest BCUT2D eigenvalue weighted by atomic mass is 9.92. The van der Waals surface area contributed by atoms with E-state index in [0.717, 1.165) is 57.7 Å². The summed E-state index contributed by atoms with van der Waals surface area (Å²) in [5.74, 6) is 1.83. The first kappa shape index (κ1) is 31.0. The van der Waals surface area contributed by atoms with Crippen molar-refractivity contribution in [1.29, 1.82) is 0 Å². The van der Waals surface area contributed by atoms with Gasteiger partial charge in [0, 0.05) is 13.1 Å². The first-order valence-corrected chi connectivity index (χ1v) is 12.3. The van der Waals surface area contributed by atoms with Crippen molar-refractivity contribution >= 4 is 53.0 Å². The molecule has 0 aliphatic carbocycles. The minimum atomic E-state index is -0.210. The highest BCUT2D eigenvalue weighted by atomic mass is 35.5. The normalized spacial score (nSPS) is 18.4. The molecule has 0 amide bonds. The highest BCUT2D eigenvalue weighted by Crippen LogP contribution is 2.23. The Kier molecular flexibility index (Phi) is 15.2. The van der Waals surface area contributed by atoms with Crippen LogP contribution in [0, 0.1) is 11.8 Å². The average molecular weight is 556 g/mol. The number of hydrogen-bond donors (Lipinski definition) is 3. The first-order valence-electron chi connectivity index (χ1n) is 11.2. The van der Waals surface area contributed by atoms with Crippen LogP contribution in [-0.2, 0) is 0 Å². The molecule has 4 rings (SSSR count). The molecule has 192 valence electrons. The third-order valence-electron chi connectivity index (χ3n) is 5.81. The molecule has 2 aliphatic rings. The van der Waals surface area contributed by atoms with E-state index in [1.165, 1.54) is 12.4 Å². The number of nitrogens with one attached hydrogen (secondary N) is 1. The summed E-state index contributed by atoms with van der Waals surface area (Å²) >= 11 is 16.4. The summed E-state index contributed by atoms with van der Waals surface area (Å²) in [4.78, 5) is 17.7. The van der Waals surface area contributed by atoms with Crippen molar-refractivity contribution in [2.24, 2.45) is 11.8 Å². The summed E-state index contributed by atoms with van der Waals surface area (Å²) in [6.07, 6.45) is 10.0. The van der Waals surface area contributed by atoms with Gasteiger partial charge in [0.05, 0.1) is 37.0 Å². The third-order valence-corrected chi connectivity index (χ3v) is 6.39. The van der Waals surface area contributed by atoms with Crippen molar-refractivity contribution in [3.05, 3.63) is 40.2 Å². The van der Waals surface area contributed by atoms with E-state index in [0.29, 0.717) is 27.3 Å². The van der Waals surface area contributed by atoms with Gasteiger partial charge in [-0.15, -0.1) is 12.4 Å². The molecule has 0 spiro atoms. The number of anilines is 1. The fourth-order valence-corrected chi connectivity index (χ4v) is 4.00. The zero-order valence-corrected chi connectivity index (χ0v) is 22.5. The van der Waals surface area contributed by atoms with Crippen LogP contribution in [0.2, 0.25) is 15.5 Å². The van der Waals surface area contributed by atoms with Gasteiger partial charge in [0.2, 0.25) is 0 Å². The van der Waals surface area contributed by atoms with Crippen LogP contribution in [0.5, 0.6) is 0 Å². The minimum Gasteiger partial charge on any atom is -0.393 e. The summed E-state index contributed by atoms with van der Waals surface area (Å²) in [5, 5.41) is 23.0. The number of piperidine rings is 2. The topological polar surface area (TPSA) is 107 Å². The van der Waals surface area contributed by atoms with E-state index in [1.54, 1.807) is 12.4 Å². The van der Waals surface area contributed by atoms with Gasteiger partial charge in [-0.25, -0.2) is 19.9 Å². The molecule has 3 N–H and O–H groups in total.